The van der Waals surface area contributed by atoms with Crippen LogP contribution in [0.5, 0.6) is 11.5 Å². The predicted molar refractivity (Wildman–Crippen MR) is 190 cm³/mol. The van der Waals surface area contributed by atoms with Gasteiger partial charge in [0.05, 0.1) is 54.3 Å². The van der Waals surface area contributed by atoms with Gasteiger partial charge < -0.3 is 23.4 Å². The number of aromatic nitrogens is 1. The fraction of sp³-hybridized carbons (Fsp3) is 0.211. The molecule has 3 aromatic carbocycles. The molecule has 1 aliphatic rings. The zero-order chi connectivity index (χ0) is 35.5. The van der Waals surface area contributed by atoms with Crippen molar-refractivity contribution in [3.05, 3.63) is 132 Å². The Kier molecular flexibility index (Phi) is 10.1. The van der Waals surface area contributed by atoms with E-state index in [-0.39, 0.29) is 18.3 Å². The third-order valence-electron chi connectivity index (χ3n) is 7.81. The van der Waals surface area contributed by atoms with Crippen molar-refractivity contribution in [2.24, 2.45) is 4.99 Å². The number of carbonyl (C=O) groups excluding carboxylic acids is 2. The molecule has 0 unspecified atom stereocenters. The molecule has 0 saturated carbocycles. The number of fused-ring (bicyclic) bond motifs is 1. The average Bonchev–Trinajstić information content (AvgIpc) is 3.71. The summed E-state index contributed by atoms with van der Waals surface area (Å²) in [6.07, 6.45) is 1.28. The molecule has 1 aliphatic heterocycles. The van der Waals surface area contributed by atoms with Crippen LogP contribution in [0.4, 0.5) is 0 Å². The number of benzene rings is 3. The van der Waals surface area contributed by atoms with E-state index in [1.807, 2.05) is 30.3 Å². The normalized spacial score (nSPS) is 14.3. The van der Waals surface area contributed by atoms with E-state index in [9.17, 15) is 14.4 Å². The van der Waals surface area contributed by atoms with E-state index in [2.05, 4.69) is 0 Å². The lowest BCUT2D eigenvalue weighted by molar-refractivity contribution is -0.138. The number of thiazole rings is 1. The monoisotopic (exact) mass is 712 g/mol. The number of furan rings is 1. The number of nitrogens with zero attached hydrogens (tertiary/aromatic N) is 2. The van der Waals surface area contributed by atoms with Crippen molar-refractivity contribution >= 4 is 46.6 Å². The van der Waals surface area contributed by atoms with Gasteiger partial charge in [0.25, 0.3) is 5.56 Å². The Morgan fingerprint density at radius 3 is 2.44 bits per heavy atom. The second-order valence-electron chi connectivity index (χ2n) is 11.4. The first-order chi connectivity index (χ1) is 24.1. The Hall–Kier alpha value is -5.39. The molecular weight excluding hydrogens is 680 g/mol. The van der Waals surface area contributed by atoms with Crippen molar-refractivity contribution in [1.29, 1.82) is 0 Å². The summed E-state index contributed by atoms with van der Waals surface area (Å²) in [5.41, 5.74) is 2.20. The number of carbonyl (C=O) groups is 2. The molecular formula is C38H33ClN2O8S. The number of rotatable bonds is 10. The van der Waals surface area contributed by atoms with Crippen LogP contribution in [0, 0.1) is 0 Å². The molecule has 0 N–H and O–H groups in total. The lowest BCUT2D eigenvalue weighted by Gasteiger charge is -2.26. The minimum atomic E-state index is -0.921. The first-order valence-corrected chi connectivity index (χ1v) is 16.9. The van der Waals surface area contributed by atoms with E-state index in [0.29, 0.717) is 65.3 Å². The SMILES string of the molecule is CCOC(=O)C1=C(c2ccccc2)N=c2s/c(=C/c3ccc(-c4cc(Cl)ccc4C(=O)OC(C)C)o3)c(=O)n2[C@@H]1c1ccc(OC)c(OC)c1. The summed E-state index contributed by atoms with van der Waals surface area (Å²) < 4.78 is 30.0. The molecule has 1 atom stereocenters. The van der Waals surface area contributed by atoms with Crippen molar-refractivity contribution in [1.82, 2.24) is 4.57 Å². The van der Waals surface area contributed by atoms with Gasteiger partial charge in [0.1, 0.15) is 11.5 Å². The van der Waals surface area contributed by atoms with Crippen molar-refractivity contribution in [3.8, 4) is 22.8 Å². The highest BCUT2D eigenvalue weighted by Crippen LogP contribution is 2.38. The molecule has 10 nitrogen and oxygen atoms in total. The maximum Gasteiger partial charge on any atom is 0.339 e. The van der Waals surface area contributed by atoms with Crippen LogP contribution in [0.2, 0.25) is 5.02 Å². The zero-order valence-electron chi connectivity index (χ0n) is 27.9. The van der Waals surface area contributed by atoms with Crippen molar-refractivity contribution in [3.63, 3.8) is 0 Å². The molecule has 2 aromatic heterocycles. The number of halogens is 1. The first-order valence-electron chi connectivity index (χ1n) is 15.7. The summed E-state index contributed by atoms with van der Waals surface area (Å²) >= 11 is 7.45. The molecule has 256 valence electrons. The van der Waals surface area contributed by atoms with Gasteiger partial charge in [-0.15, -0.1) is 0 Å². The van der Waals surface area contributed by atoms with Crippen LogP contribution < -0.4 is 24.4 Å². The predicted octanol–water partition coefficient (Wildman–Crippen LogP) is 6.43. The molecule has 3 heterocycles. The second-order valence-corrected chi connectivity index (χ2v) is 12.8. The summed E-state index contributed by atoms with van der Waals surface area (Å²) in [6.45, 7) is 5.38. The lowest BCUT2D eigenvalue weighted by Crippen LogP contribution is -2.40. The summed E-state index contributed by atoms with van der Waals surface area (Å²) in [5, 5.41) is 0.411. The highest BCUT2D eigenvalue weighted by atomic mass is 35.5. The van der Waals surface area contributed by atoms with Crippen LogP contribution in [0.15, 0.2) is 98.6 Å². The van der Waals surface area contributed by atoms with Gasteiger partial charge in [0.2, 0.25) is 0 Å². The van der Waals surface area contributed by atoms with Gasteiger partial charge in [-0.2, -0.15) is 0 Å². The molecule has 5 aromatic rings. The fourth-order valence-electron chi connectivity index (χ4n) is 5.66. The van der Waals surface area contributed by atoms with Gasteiger partial charge in [-0.3, -0.25) is 9.36 Å². The molecule has 0 bridgehead atoms. The number of ether oxygens (including phenoxy) is 4. The molecule has 0 saturated heterocycles. The largest absolute Gasteiger partial charge is 0.493 e. The van der Waals surface area contributed by atoms with E-state index in [4.69, 9.17) is 40.0 Å². The molecule has 0 spiro atoms. The Labute approximate surface area is 296 Å². The zero-order valence-corrected chi connectivity index (χ0v) is 29.5. The van der Waals surface area contributed by atoms with E-state index in [1.165, 1.54) is 18.8 Å². The first kappa shape index (κ1) is 34.5. The van der Waals surface area contributed by atoms with Crippen LogP contribution >= 0.6 is 22.9 Å². The third-order valence-corrected chi connectivity index (χ3v) is 9.02. The van der Waals surface area contributed by atoms with Gasteiger partial charge in [-0.25, -0.2) is 14.6 Å². The summed E-state index contributed by atoms with van der Waals surface area (Å²) in [4.78, 5) is 46.2. The van der Waals surface area contributed by atoms with Crippen LogP contribution in [-0.2, 0) is 14.3 Å². The highest BCUT2D eigenvalue weighted by Gasteiger charge is 2.35. The van der Waals surface area contributed by atoms with Crippen molar-refractivity contribution < 1.29 is 33.0 Å². The maximum atomic E-state index is 14.3. The molecule has 6 rings (SSSR count). The number of hydrogen-bond acceptors (Lipinski definition) is 10. The number of esters is 2. The average molecular weight is 713 g/mol. The van der Waals surface area contributed by atoms with Crippen molar-refractivity contribution in [2.75, 3.05) is 20.8 Å². The number of methoxy groups -OCH3 is 2. The molecule has 12 heteroatoms. The van der Waals surface area contributed by atoms with Crippen LogP contribution in [-0.4, -0.2) is 43.4 Å². The van der Waals surface area contributed by atoms with Crippen LogP contribution in [0.1, 0.15) is 54.1 Å². The number of hydrogen-bond donors (Lipinski definition) is 0. The van der Waals surface area contributed by atoms with E-state index in [1.54, 1.807) is 75.4 Å². The fourth-order valence-corrected chi connectivity index (χ4v) is 6.81. The Bertz CT molecular complexity index is 2300. The minimum Gasteiger partial charge on any atom is -0.493 e. The smallest absolute Gasteiger partial charge is 0.339 e. The third kappa shape index (κ3) is 6.74. The Balaban J connectivity index is 1.54. The molecule has 0 amide bonds. The van der Waals surface area contributed by atoms with Gasteiger partial charge in [0, 0.05) is 22.2 Å². The standard InChI is InChI=1S/C38H33ClN2O8S/c1-6-47-37(44)32-33(22-10-8-7-9-11-22)40-38-41(34(32)23-12-16-29(45-4)30(18-23)46-5)35(42)31(50-38)20-25-14-17-28(49-25)27-19-24(39)13-15-26(27)36(43)48-21(2)3/h7-21,34H,6H2,1-5H3/b31-20+/t34-/m1/s1. The molecule has 0 aliphatic carbocycles. The maximum absolute atomic E-state index is 14.3. The van der Waals surface area contributed by atoms with Gasteiger partial charge >= 0.3 is 11.9 Å². The Morgan fingerprint density at radius 2 is 1.74 bits per heavy atom. The van der Waals surface area contributed by atoms with Gasteiger partial charge in [-0.1, -0.05) is 59.3 Å². The summed E-state index contributed by atoms with van der Waals surface area (Å²) in [5.74, 6) is 0.509. The summed E-state index contributed by atoms with van der Waals surface area (Å²) in [6, 6.07) is 21.8. The van der Waals surface area contributed by atoms with E-state index < -0.39 is 23.5 Å². The van der Waals surface area contributed by atoms with E-state index in [0.717, 1.165) is 11.3 Å². The van der Waals surface area contributed by atoms with E-state index >= 15 is 0 Å². The summed E-state index contributed by atoms with van der Waals surface area (Å²) in [7, 11) is 3.05. The highest BCUT2D eigenvalue weighted by molar-refractivity contribution is 7.07. The molecule has 0 radical (unpaired) electrons. The van der Waals surface area contributed by atoms with Crippen LogP contribution in [0.25, 0.3) is 23.1 Å². The van der Waals surface area contributed by atoms with Crippen molar-refractivity contribution in [2.45, 2.75) is 32.9 Å². The minimum absolute atomic E-state index is 0.123. The Morgan fingerprint density at radius 1 is 0.980 bits per heavy atom. The van der Waals surface area contributed by atoms with Gasteiger partial charge in [0.15, 0.2) is 16.3 Å². The molecule has 0 fully saturated rings. The van der Waals surface area contributed by atoms with Crippen LogP contribution in [0.3, 0.4) is 0 Å². The quantitative estimate of drug-likeness (QED) is 0.152. The molecule has 50 heavy (non-hydrogen) atoms. The second kappa shape index (κ2) is 14.6. The van der Waals surface area contributed by atoms with Gasteiger partial charge in [-0.05, 0) is 68.8 Å². The lowest BCUT2D eigenvalue weighted by atomic mass is 9.93. The topological polar surface area (TPSA) is 119 Å².